The second-order valence-corrected chi connectivity index (χ2v) is 6.06. The summed E-state index contributed by atoms with van der Waals surface area (Å²) >= 11 is 0. The van der Waals surface area contributed by atoms with Gasteiger partial charge in [-0.1, -0.05) is 25.1 Å². The summed E-state index contributed by atoms with van der Waals surface area (Å²) in [7, 11) is 0. The number of hydrogen-bond acceptors (Lipinski definition) is 5. The van der Waals surface area contributed by atoms with E-state index in [0.29, 0.717) is 18.7 Å². The van der Waals surface area contributed by atoms with Crippen LogP contribution in [-0.2, 0) is 12.0 Å². The number of nitrogens with one attached hydrogen (secondary N) is 1. The third-order valence-corrected chi connectivity index (χ3v) is 4.59. The van der Waals surface area contributed by atoms with E-state index >= 15 is 0 Å². The van der Waals surface area contributed by atoms with Crippen LogP contribution in [-0.4, -0.2) is 38.6 Å². The van der Waals surface area contributed by atoms with Gasteiger partial charge in [-0.15, -0.1) is 0 Å². The van der Waals surface area contributed by atoms with Crippen LogP contribution in [0.15, 0.2) is 36.5 Å². The molecular weight excluding hydrogens is 290 g/mol. The molecule has 0 unspecified atom stereocenters. The maximum Gasteiger partial charge on any atom is 0.129 e. The molecule has 1 aliphatic heterocycles. The Morgan fingerprint density at radius 1 is 1.35 bits per heavy atom. The molecule has 1 aliphatic rings. The zero-order valence-corrected chi connectivity index (χ0v) is 13.0. The minimum Gasteiger partial charge on any atom is -0.381 e. The number of hydrogen-bond donors (Lipinski definition) is 2. The quantitative estimate of drug-likeness (QED) is 0.774. The topological polar surface area (TPSA) is 77.9 Å². The highest BCUT2D eigenvalue weighted by Gasteiger charge is 2.40. The summed E-state index contributed by atoms with van der Waals surface area (Å²) in [5.74, 6) is 0. The van der Waals surface area contributed by atoms with Gasteiger partial charge in [-0.2, -0.15) is 15.4 Å². The number of fused-ring (bicyclic) bond motifs is 1. The number of nitrogens with zero attached hydrogens (tertiary/aromatic N) is 4. The van der Waals surface area contributed by atoms with E-state index in [1.807, 2.05) is 18.2 Å². The number of rotatable bonds is 3. The van der Waals surface area contributed by atoms with Crippen molar-refractivity contribution in [1.82, 2.24) is 20.4 Å². The van der Waals surface area contributed by atoms with Gasteiger partial charge in [0.15, 0.2) is 0 Å². The Bertz CT molecular complexity index is 832. The molecular formula is C17H19N5O. The van der Waals surface area contributed by atoms with Crippen LogP contribution >= 0.6 is 0 Å². The highest BCUT2D eigenvalue weighted by molar-refractivity contribution is 5.92. The molecule has 0 bridgehead atoms. The fourth-order valence-corrected chi connectivity index (χ4v) is 3.29. The Kier molecular flexibility index (Phi) is 3.27. The van der Waals surface area contributed by atoms with Crippen molar-refractivity contribution in [2.75, 3.05) is 18.0 Å². The van der Waals surface area contributed by atoms with E-state index in [9.17, 15) is 5.11 Å². The fourth-order valence-electron chi connectivity index (χ4n) is 3.29. The van der Waals surface area contributed by atoms with Gasteiger partial charge >= 0.3 is 0 Å². The highest BCUT2D eigenvalue weighted by atomic mass is 16.3. The largest absolute Gasteiger partial charge is 0.381 e. The van der Waals surface area contributed by atoms with Gasteiger partial charge in [-0.05, 0) is 18.6 Å². The Morgan fingerprint density at radius 2 is 2.22 bits per heavy atom. The summed E-state index contributed by atoms with van der Waals surface area (Å²) in [4.78, 5) is 6.92. The van der Waals surface area contributed by atoms with E-state index in [-0.39, 0.29) is 0 Å². The van der Waals surface area contributed by atoms with E-state index in [0.717, 1.165) is 35.2 Å². The maximum absolute atomic E-state index is 10.9. The number of anilines is 1. The average molecular weight is 309 g/mol. The molecule has 3 heterocycles. The van der Waals surface area contributed by atoms with Gasteiger partial charge in [0.2, 0.25) is 0 Å². The van der Waals surface area contributed by atoms with Crippen LogP contribution in [0.4, 0.5) is 5.69 Å². The molecule has 4 rings (SSSR count). The van der Waals surface area contributed by atoms with Crippen molar-refractivity contribution in [3.8, 4) is 0 Å². The van der Waals surface area contributed by atoms with Crippen molar-refractivity contribution in [2.45, 2.75) is 25.4 Å². The zero-order chi connectivity index (χ0) is 15.9. The van der Waals surface area contributed by atoms with Crippen LogP contribution in [0, 0.1) is 0 Å². The number of para-hydroxylation sites is 1. The number of pyridine rings is 1. The molecule has 1 aromatic carbocycles. The summed E-state index contributed by atoms with van der Waals surface area (Å²) in [6.45, 7) is 3.40. The Morgan fingerprint density at radius 3 is 3.00 bits per heavy atom. The lowest BCUT2D eigenvalue weighted by Crippen LogP contribution is -2.31. The van der Waals surface area contributed by atoms with E-state index < -0.39 is 5.60 Å². The van der Waals surface area contributed by atoms with E-state index in [1.165, 1.54) is 0 Å². The fraction of sp³-hybridized carbons (Fsp3) is 0.353. The van der Waals surface area contributed by atoms with Gasteiger partial charge < -0.3 is 10.0 Å². The molecule has 2 aromatic heterocycles. The molecule has 23 heavy (non-hydrogen) atoms. The molecule has 118 valence electrons. The minimum atomic E-state index is -0.955. The highest BCUT2D eigenvalue weighted by Crippen LogP contribution is 2.36. The zero-order valence-electron chi connectivity index (χ0n) is 13.0. The molecule has 1 atom stereocenters. The van der Waals surface area contributed by atoms with Gasteiger partial charge in [0.05, 0.1) is 18.3 Å². The molecule has 1 fully saturated rings. The SMILES string of the molecule is CCc1cc(N2CC[C@](O)(c3cn[nH]n3)C2)c2ccccc2n1. The molecule has 0 aliphatic carbocycles. The van der Waals surface area contributed by atoms with Gasteiger partial charge in [0.25, 0.3) is 0 Å². The number of aromatic amines is 1. The average Bonchev–Trinajstić information content (AvgIpc) is 3.24. The van der Waals surface area contributed by atoms with Crippen molar-refractivity contribution in [1.29, 1.82) is 0 Å². The Balaban J connectivity index is 1.75. The first-order valence-corrected chi connectivity index (χ1v) is 7.92. The number of H-pyrrole nitrogens is 1. The Hall–Kier alpha value is -2.47. The second-order valence-electron chi connectivity index (χ2n) is 6.06. The third-order valence-electron chi connectivity index (χ3n) is 4.59. The molecule has 0 amide bonds. The number of aromatic nitrogens is 4. The third kappa shape index (κ3) is 2.35. The summed E-state index contributed by atoms with van der Waals surface area (Å²) in [6, 6.07) is 10.3. The summed E-state index contributed by atoms with van der Waals surface area (Å²) in [5.41, 5.74) is 2.85. The predicted molar refractivity (Wildman–Crippen MR) is 88.2 cm³/mol. The number of aryl methyl sites for hydroxylation is 1. The van der Waals surface area contributed by atoms with E-state index in [1.54, 1.807) is 6.20 Å². The van der Waals surface area contributed by atoms with Crippen LogP contribution in [0.25, 0.3) is 10.9 Å². The lowest BCUT2D eigenvalue weighted by Gasteiger charge is -2.24. The minimum absolute atomic E-state index is 0.511. The van der Waals surface area contributed by atoms with Crippen LogP contribution < -0.4 is 4.90 Å². The van der Waals surface area contributed by atoms with Gasteiger partial charge in [-0.3, -0.25) is 4.98 Å². The second kappa shape index (κ2) is 5.31. The molecule has 3 aromatic rings. The smallest absolute Gasteiger partial charge is 0.129 e. The van der Waals surface area contributed by atoms with Crippen molar-refractivity contribution in [3.63, 3.8) is 0 Å². The van der Waals surface area contributed by atoms with Crippen molar-refractivity contribution < 1.29 is 5.11 Å². The van der Waals surface area contributed by atoms with Gasteiger partial charge in [0, 0.05) is 29.7 Å². The molecule has 6 nitrogen and oxygen atoms in total. The standard InChI is InChI=1S/C17H19N5O/c1-2-12-9-15(13-5-3-4-6-14(13)19-12)22-8-7-17(23,11-22)16-10-18-21-20-16/h3-6,9-10,23H,2,7-8,11H2,1H3,(H,18,20,21)/t17-/m1/s1. The van der Waals surface area contributed by atoms with E-state index in [4.69, 9.17) is 4.98 Å². The molecule has 1 saturated heterocycles. The lowest BCUT2D eigenvalue weighted by molar-refractivity contribution is 0.0560. The molecule has 0 saturated carbocycles. The maximum atomic E-state index is 10.9. The normalized spacial score (nSPS) is 21.2. The summed E-state index contributed by atoms with van der Waals surface area (Å²) in [5, 5.41) is 22.5. The summed E-state index contributed by atoms with van der Waals surface area (Å²) < 4.78 is 0. The van der Waals surface area contributed by atoms with Gasteiger partial charge in [0.1, 0.15) is 11.3 Å². The first kappa shape index (κ1) is 14.1. The van der Waals surface area contributed by atoms with Crippen LogP contribution in [0.5, 0.6) is 0 Å². The van der Waals surface area contributed by atoms with Crippen molar-refractivity contribution in [3.05, 3.63) is 47.9 Å². The monoisotopic (exact) mass is 309 g/mol. The van der Waals surface area contributed by atoms with Gasteiger partial charge in [-0.25, -0.2) is 0 Å². The predicted octanol–water partition coefficient (Wildman–Crippen LogP) is 2.01. The molecule has 2 N–H and O–H groups in total. The number of β-amino-alcohol motifs (C(OH)–C–C–N with tert-alkyl or cyclic N) is 1. The van der Waals surface area contributed by atoms with Crippen LogP contribution in [0.2, 0.25) is 0 Å². The lowest BCUT2D eigenvalue weighted by atomic mass is 10.00. The number of benzene rings is 1. The van der Waals surface area contributed by atoms with Crippen LogP contribution in [0.1, 0.15) is 24.7 Å². The molecule has 6 heteroatoms. The Labute approximate surface area is 134 Å². The molecule has 0 radical (unpaired) electrons. The van der Waals surface area contributed by atoms with Crippen molar-refractivity contribution >= 4 is 16.6 Å². The van der Waals surface area contributed by atoms with E-state index in [2.05, 4.69) is 39.4 Å². The first-order chi connectivity index (χ1) is 11.2. The number of aliphatic hydroxyl groups is 1. The van der Waals surface area contributed by atoms with Crippen LogP contribution in [0.3, 0.4) is 0 Å². The summed E-state index contributed by atoms with van der Waals surface area (Å²) in [6.07, 6.45) is 3.13. The molecule has 0 spiro atoms. The first-order valence-electron chi connectivity index (χ1n) is 7.92. The van der Waals surface area contributed by atoms with Crippen molar-refractivity contribution in [2.24, 2.45) is 0 Å².